The molecule has 1 aromatic heterocycles. The average molecular weight is 523 g/mol. The van der Waals surface area contributed by atoms with Crippen molar-refractivity contribution in [1.82, 2.24) is 15.6 Å². The largest absolute Gasteiger partial charge is 0.494 e. The second-order valence-electron chi connectivity index (χ2n) is 7.34. The molecular weight excluding hydrogens is 489 g/mol. The van der Waals surface area contributed by atoms with E-state index in [0.29, 0.717) is 6.04 Å². The summed E-state index contributed by atoms with van der Waals surface area (Å²) >= 11 is 0. The monoisotopic (exact) mass is 523 g/mol. The number of aromatic nitrogens is 1. The number of hydrogen-bond donors (Lipinski definition) is 2. The Morgan fingerprint density at radius 3 is 2.73 bits per heavy atom. The van der Waals surface area contributed by atoms with Crippen molar-refractivity contribution in [3.05, 3.63) is 54.2 Å². The van der Waals surface area contributed by atoms with Gasteiger partial charge in [0, 0.05) is 38.9 Å². The summed E-state index contributed by atoms with van der Waals surface area (Å²) in [7, 11) is 1.83. The summed E-state index contributed by atoms with van der Waals surface area (Å²) in [6.07, 6.45) is 5.97. The van der Waals surface area contributed by atoms with Gasteiger partial charge in [-0.3, -0.25) is 4.99 Å². The van der Waals surface area contributed by atoms with E-state index < -0.39 is 0 Å². The van der Waals surface area contributed by atoms with Gasteiger partial charge in [0.05, 0.1) is 6.61 Å². The molecule has 0 bridgehead atoms. The summed E-state index contributed by atoms with van der Waals surface area (Å²) in [6, 6.07) is 14.9. The van der Waals surface area contributed by atoms with Crippen LogP contribution in [-0.4, -0.2) is 50.3 Å². The summed E-state index contributed by atoms with van der Waals surface area (Å²) < 4.78 is 5.72. The molecule has 0 radical (unpaired) electrons. The number of aliphatic imine (C=N–C) groups is 1. The van der Waals surface area contributed by atoms with Gasteiger partial charge in [0.25, 0.3) is 0 Å². The second kappa shape index (κ2) is 13.3. The molecule has 2 N–H and O–H groups in total. The van der Waals surface area contributed by atoms with Gasteiger partial charge in [-0.05, 0) is 55.5 Å². The van der Waals surface area contributed by atoms with E-state index >= 15 is 0 Å². The van der Waals surface area contributed by atoms with Crippen LogP contribution in [0.3, 0.4) is 0 Å². The highest BCUT2D eigenvalue weighted by molar-refractivity contribution is 14.0. The fraction of sp³-hybridized carbons (Fsp3) is 0.478. The molecule has 0 saturated carbocycles. The maximum absolute atomic E-state index is 5.72. The van der Waals surface area contributed by atoms with Gasteiger partial charge in [0.15, 0.2) is 5.96 Å². The number of benzene rings is 1. The fourth-order valence-electron chi connectivity index (χ4n) is 3.52. The van der Waals surface area contributed by atoms with Crippen LogP contribution in [-0.2, 0) is 6.42 Å². The number of hydrogen-bond acceptors (Lipinski definition) is 4. The van der Waals surface area contributed by atoms with Crippen LogP contribution in [0, 0.1) is 0 Å². The Kier molecular flexibility index (Phi) is 10.8. The first-order chi connectivity index (χ1) is 14.3. The zero-order valence-corrected chi connectivity index (χ0v) is 20.3. The molecule has 0 aliphatic carbocycles. The number of pyridine rings is 1. The third-order valence-electron chi connectivity index (χ3n) is 5.11. The first-order valence-electron chi connectivity index (χ1n) is 10.6. The number of ether oxygens (including phenoxy) is 1. The third-order valence-corrected chi connectivity index (χ3v) is 5.11. The number of nitrogens with zero attached hydrogens (tertiary/aromatic N) is 3. The van der Waals surface area contributed by atoms with Gasteiger partial charge in [-0.2, -0.15) is 0 Å². The van der Waals surface area contributed by atoms with E-state index in [9.17, 15) is 0 Å². The molecule has 2 heterocycles. The lowest BCUT2D eigenvalue weighted by Gasteiger charge is -2.33. The first-order valence-corrected chi connectivity index (χ1v) is 10.6. The maximum Gasteiger partial charge on any atom is 0.191 e. The Bertz CT molecular complexity index is 763. The molecule has 3 rings (SSSR count). The smallest absolute Gasteiger partial charge is 0.191 e. The molecule has 0 spiro atoms. The number of guanidine groups is 1. The molecule has 0 unspecified atom stereocenters. The summed E-state index contributed by atoms with van der Waals surface area (Å²) in [4.78, 5) is 11.2. The normalized spacial score (nSPS) is 14.7. The van der Waals surface area contributed by atoms with Crippen LogP contribution >= 0.6 is 24.0 Å². The van der Waals surface area contributed by atoms with Crippen LogP contribution in [0.4, 0.5) is 5.82 Å². The minimum atomic E-state index is 0. The van der Waals surface area contributed by atoms with Crippen molar-refractivity contribution in [3.8, 4) is 5.75 Å². The summed E-state index contributed by atoms with van der Waals surface area (Å²) in [5.41, 5.74) is 1.27. The lowest BCUT2D eigenvalue weighted by molar-refractivity contribution is 0.317. The number of piperidine rings is 1. The first kappa shape index (κ1) is 24.2. The summed E-state index contributed by atoms with van der Waals surface area (Å²) in [5, 5.41) is 7.01. The van der Waals surface area contributed by atoms with Crippen molar-refractivity contribution in [2.45, 2.75) is 38.6 Å². The van der Waals surface area contributed by atoms with Gasteiger partial charge in [0.1, 0.15) is 11.6 Å². The van der Waals surface area contributed by atoms with E-state index in [2.05, 4.69) is 56.7 Å². The van der Waals surface area contributed by atoms with E-state index in [4.69, 9.17) is 4.74 Å². The Balaban J connectivity index is 0.00000320. The Labute approximate surface area is 197 Å². The summed E-state index contributed by atoms with van der Waals surface area (Å²) in [5.74, 6) is 2.89. The average Bonchev–Trinajstić information content (AvgIpc) is 2.78. The molecule has 0 atom stereocenters. The van der Waals surface area contributed by atoms with E-state index in [1.165, 1.54) is 5.56 Å². The molecule has 1 aromatic carbocycles. The quantitative estimate of drug-likeness (QED) is 0.313. The van der Waals surface area contributed by atoms with Crippen molar-refractivity contribution >= 4 is 35.8 Å². The number of nitrogens with one attached hydrogen (secondary N) is 2. The predicted molar refractivity (Wildman–Crippen MR) is 135 cm³/mol. The molecule has 1 fully saturated rings. The second-order valence-corrected chi connectivity index (χ2v) is 7.34. The van der Waals surface area contributed by atoms with E-state index in [-0.39, 0.29) is 24.0 Å². The SMILES string of the molecule is CCCOc1cccc(CCNC(=NC)NC2CCN(c3ccccn3)CC2)c1.I. The van der Waals surface area contributed by atoms with Gasteiger partial charge >= 0.3 is 0 Å². The van der Waals surface area contributed by atoms with E-state index in [1.54, 1.807) is 0 Å². The molecule has 0 amide bonds. The van der Waals surface area contributed by atoms with Gasteiger partial charge in [0.2, 0.25) is 0 Å². The molecular formula is C23H34IN5O. The molecule has 2 aromatic rings. The lowest BCUT2D eigenvalue weighted by atomic mass is 10.1. The molecule has 30 heavy (non-hydrogen) atoms. The van der Waals surface area contributed by atoms with Crippen LogP contribution in [0.2, 0.25) is 0 Å². The van der Waals surface area contributed by atoms with Gasteiger partial charge in [-0.15, -0.1) is 24.0 Å². The third kappa shape index (κ3) is 7.66. The highest BCUT2D eigenvalue weighted by atomic mass is 127. The standard InChI is InChI=1S/C23H33N5O.HI/c1-3-17-29-21-8-6-7-19(18-21)10-14-26-23(24-2)27-20-11-15-28(16-12-20)22-9-4-5-13-25-22;/h4-9,13,18,20H,3,10-12,14-17H2,1-2H3,(H2,24,26,27);1H. The number of rotatable bonds is 8. The molecule has 1 aliphatic heterocycles. The Morgan fingerprint density at radius 1 is 1.20 bits per heavy atom. The van der Waals surface area contributed by atoms with Gasteiger partial charge in [-0.25, -0.2) is 4.98 Å². The van der Waals surface area contributed by atoms with Crippen molar-refractivity contribution in [2.24, 2.45) is 4.99 Å². The van der Waals surface area contributed by atoms with Crippen LogP contribution in [0.25, 0.3) is 0 Å². The van der Waals surface area contributed by atoms with Crippen molar-refractivity contribution in [3.63, 3.8) is 0 Å². The minimum absolute atomic E-state index is 0. The molecule has 6 nitrogen and oxygen atoms in total. The van der Waals surface area contributed by atoms with Crippen LogP contribution < -0.4 is 20.3 Å². The van der Waals surface area contributed by atoms with Crippen LogP contribution in [0.1, 0.15) is 31.7 Å². The topological polar surface area (TPSA) is 61.8 Å². The van der Waals surface area contributed by atoms with Gasteiger partial charge in [-0.1, -0.05) is 25.1 Å². The zero-order chi connectivity index (χ0) is 20.3. The highest BCUT2D eigenvalue weighted by Gasteiger charge is 2.20. The minimum Gasteiger partial charge on any atom is -0.494 e. The molecule has 1 saturated heterocycles. The van der Waals surface area contributed by atoms with Crippen molar-refractivity contribution < 1.29 is 4.74 Å². The zero-order valence-electron chi connectivity index (χ0n) is 18.0. The lowest BCUT2D eigenvalue weighted by Crippen LogP contribution is -2.49. The molecule has 1 aliphatic rings. The summed E-state index contributed by atoms with van der Waals surface area (Å²) in [6.45, 7) is 5.74. The Hall–Kier alpha value is -2.03. The van der Waals surface area contributed by atoms with Gasteiger partial charge < -0.3 is 20.3 Å². The van der Waals surface area contributed by atoms with Crippen molar-refractivity contribution in [2.75, 3.05) is 38.2 Å². The fourth-order valence-corrected chi connectivity index (χ4v) is 3.52. The molecule has 164 valence electrons. The predicted octanol–water partition coefficient (Wildman–Crippen LogP) is 3.86. The van der Waals surface area contributed by atoms with Crippen LogP contribution in [0.15, 0.2) is 53.7 Å². The number of anilines is 1. The highest BCUT2D eigenvalue weighted by Crippen LogP contribution is 2.17. The van der Waals surface area contributed by atoms with Crippen LogP contribution in [0.5, 0.6) is 5.75 Å². The number of halogens is 1. The maximum atomic E-state index is 5.72. The molecule has 7 heteroatoms. The van der Waals surface area contributed by atoms with E-state index in [1.807, 2.05) is 31.4 Å². The van der Waals surface area contributed by atoms with Crippen molar-refractivity contribution in [1.29, 1.82) is 0 Å². The van der Waals surface area contributed by atoms with E-state index in [0.717, 1.165) is 69.5 Å². The Morgan fingerprint density at radius 2 is 2.03 bits per heavy atom.